The molecule has 1 aromatic carbocycles. The van der Waals surface area contributed by atoms with Gasteiger partial charge in [0.05, 0.1) is 13.2 Å². The first-order valence-electron chi connectivity index (χ1n) is 10.7. The summed E-state index contributed by atoms with van der Waals surface area (Å²) >= 11 is 1.63. The van der Waals surface area contributed by atoms with Crippen molar-refractivity contribution >= 4 is 36.3 Å². The molecule has 36 heavy (non-hydrogen) atoms. The number of imidazole rings is 1. The Bertz CT molecular complexity index is 1480. The SMILES string of the molecule is Nc1nc2c(c(=O)[nH]1)n(Cc1ccc(-c3cccs3)cc1)c[n+]2[C@H]1O[C@@H](COP(=O)(O)O)[C@H](O)[C@@H]1O. The van der Waals surface area contributed by atoms with Crippen LogP contribution < -0.4 is 15.9 Å². The number of hydrogen-bond donors (Lipinski definition) is 6. The van der Waals surface area contributed by atoms with E-state index in [1.165, 1.54) is 10.9 Å². The number of nitrogens with one attached hydrogen (secondary N) is 1. The van der Waals surface area contributed by atoms with Gasteiger partial charge in [-0.3, -0.25) is 18.9 Å². The maximum absolute atomic E-state index is 12.8. The summed E-state index contributed by atoms with van der Waals surface area (Å²) in [5, 5.41) is 23.0. The molecule has 190 valence electrons. The van der Waals surface area contributed by atoms with Crippen LogP contribution in [0.15, 0.2) is 52.9 Å². The highest BCUT2D eigenvalue weighted by Crippen LogP contribution is 2.38. The van der Waals surface area contributed by atoms with E-state index >= 15 is 0 Å². The quantitative estimate of drug-likeness (QED) is 0.139. The fraction of sp³-hybridized carbons (Fsp3) is 0.286. The van der Waals surface area contributed by atoms with Crippen molar-refractivity contribution in [2.75, 3.05) is 12.3 Å². The van der Waals surface area contributed by atoms with Crippen molar-refractivity contribution in [3.63, 3.8) is 0 Å². The van der Waals surface area contributed by atoms with Crippen molar-refractivity contribution in [3.05, 3.63) is 64.0 Å². The number of aromatic nitrogens is 4. The summed E-state index contributed by atoms with van der Waals surface area (Å²) in [5.41, 5.74) is 7.45. The van der Waals surface area contributed by atoms with Crippen molar-refractivity contribution < 1.29 is 38.4 Å². The van der Waals surface area contributed by atoms with E-state index < -0.39 is 44.5 Å². The number of aliphatic hydroxyl groups is 2. The highest BCUT2D eigenvalue weighted by Gasteiger charge is 2.47. The summed E-state index contributed by atoms with van der Waals surface area (Å²) < 4.78 is 24.1. The molecule has 13 nitrogen and oxygen atoms in total. The molecule has 0 spiro atoms. The largest absolute Gasteiger partial charge is 0.469 e. The van der Waals surface area contributed by atoms with E-state index in [9.17, 15) is 19.6 Å². The van der Waals surface area contributed by atoms with E-state index in [4.69, 9.17) is 20.3 Å². The Morgan fingerprint density at radius 1 is 1.22 bits per heavy atom. The Morgan fingerprint density at radius 2 is 1.97 bits per heavy atom. The van der Waals surface area contributed by atoms with E-state index in [2.05, 4.69) is 14.5 Å². The fourth-order valence-corrected chi connectivity index (χ4v) is 5.23. The maximum atomic E-state index is 12.8. The van der Waals surface area contributed by atoms with Crippen molar-refractivity contribution in [2.45, 2.75) is 31.1 Å². The molecule has 15 heteroatoms. The van der Waals surface area contributed by atoms with Crippen LogP contribution in [0.3, 0.4) is 0 Å². The maximum Gasteiger partial charge on any atom is 0.469 e. The standard InChI is InChI=1S/C21H22N5O8PS/c22-21-23-18-15(19(29)24-21)25(8-11-3-5-12(6-4-11)14-2-1-7-36-14)10-26(18)20-17(28)16(27)13(34-20)9-33-35(30,31)32/h1-7,10,13,16-17,20,27-28H,8-9H2,(H4-,22,23,24,29,30,31,32)/p+1/t13-,16-,17-,20-/m0/s1. The van der Waals surface area contributed by atoms with Crippen LogP contribution in [-0.4, -0.2) is 59.5 Å². The van der Waals surface area contributed by atoms with E-state index in [0.717, 1.165) is 16.0 Å². The van der Waals surface area contributed by atoms with Crippen LogP contribution in [0.5, 0.6) is 0 Å². The fourth-order valence-electron chi connectivity index (χ4n) is 4.16. The zero-order valence-corrected chi connectivity index (χ0v) is 20.2. The number of aliphatic hydroxyl groups excluding tert-OH is 2. The minimum absolute atomic E-state index is 0.0965. The van der Waals surface area contributed by atoms with Crippen LogP contribution in [-0.2, 0) is 20.4 Å². The molecule has 0 bridgehead atoms. The molecule has 4 aromatic rings. The number of rotatable bonds is 7. The topological polar surface area (TPSA) is 197 Å². The van der Waals surface area contributed by atoms with Crippen LogP contribution in [0.25, 0.3) is 21.6 Å². The van der Waals surface area contributed by atoms with Gasteiger partial charge in [0, 0.05) is 4.88 Å². The molecule has 1 fully saturated rings. The first-order chi connectivity index (χ1) is 17.1. The monoisotopic (exact) mass is 536 g/mol. The second-order valence-electron chi connectivity index (χ2n) is 8.28. The van der Waals surface area contributed by atoms with Crippen molar-refractivity contribution in [1.82, 2.24) is 14.5 Å². The Hall–Kier alpha value is -2.94. The lowest BCUT2D eigenvalue weighted by Gasteiger charge is -2.14. The summed E-state index contributed by atoms with van der Waals surface area (Å²) in [4.78, 5) is 38.5. The van der Waals surface area contributed by atoms with E-state index in [1.807, 2.05) is 41.8 Å². The van der Waals surface area contributed by atoms with Gasteiger partial charge in [-0.05, 0) is 22.6 Å². The molecule has 1 aliphatic heterocycles. The van der Waals surface area contributed by atoms with Crippen molar-refractivity contribution in [3.8, 4) is 10.4 Å². The van der Waals surface area contributed by atoms with E-state index in [0.29, 0.717) is 0 Å². The molecule has 0 unspecified atom stereocenters. The molecular formula is C21H23N5O8PS+. The van der Waals surface area contributed by atoms with Crippen molar-refractivity contribution in [1.29, 1.82) is 0 Å². The van der Waals surface area contributed by atoms with Gasteiger partial charge in [0.15, 0.2) is 6.33 Å². The summed E-state index contributed by atoms with van der Waals surface area (Å²) in [6, 6.07) is 11.8. The predicted octanol–water partition coefficient (Wildman–Crippen LogP) is 0.0996. The minimum Gasteiger partial charge on any atom is -0.387 e. The Morgan fingerprint density at radius 3 is 2.64 bits per heavy atom. The van der Waals surface area contributed by atoms with Gasteiger partial charge in [0.25, 0.3) is 11.5 Å². The van der Waals surface area contributed by atoms with Crippen LogP contribution >= 0.6 is 19.2 Å². The third-order valence-corrected chi connectivity index (χ3v) is 7.23. The number of benzene rings is 1. The zero-order valence-electron chi connectivity index (χ0n) is 18.5. The molecule has 0 saturated carbocycles. The zero-order chi connectivity index (χ0) is 25.6. The number of aromatic amines is 1. The third kappa shape index (κ3) is 4.85. The molecule has 1 saturated heterocycles. The Labute approximate surface area is 207 Å². The number of nitrogens with zero attached hydrogens (tertiary/aromatic N) is 3. The van der Waals surface area contributed by atoms with Gasteiger partial charge in [0.1, 0.15) is 18.3 Å². The summed E-state index contributed by atoms with van der Waals surface area (Å²) in [7, 11) is -4.82. The molecule has 0 amide bonds. The molecule has 4 heterocycles. The highest BCUT2D eigenvalue weighted by molar-refractivity contribution is 7.46. The number of phosphoric ester groups is 1. The van der Waals surface area contributed by atoms with Gasteiger partial charge in [-0.1, -0.05) is 35.3 Å². The first-order valence-corrected chi connectivity index (χ1v) is 13.2. The lowest BCUT2D eigenvalue weighted by atomic mass is 10.1. The average molecular weight is 536 g/mol. The number of thiophene rings is 1. The number of hydrogen-bond acceptors (Lipinski definition) is 9. The smallest absolute Gasteiger partial charge is 0.387 e. The van der Waals surface area contributed by atoms with E-state index in [1.54, 1.807) is 15.9 Å². The summed E-state index contributed by atoms with van der Waals surface area (Å²) in [5.74, 6) is -0.159. The Kier molecular flexibility index (Phi) is 6.53. The van der Waals surface area contributed by atoms with Gasteiger partial charge in [0.2, 0.25) is 11.7 Å². The molecule has 7 N–H and O–H groups in total. The number of ether oxygens (including phenoxy) is 1. The van der Waals surface area contributed by atoms with Gasteiger partial charge in [-0.15, -0.1) is 11.3 Å². The molecule has 5 rings (SSSR count). The Balaban J connectivity index is 1.48. The van der Waals surface area contributed by atoms with Crippen LogP contribution in [0, 0.1) is 0 Å². The predicted molar refractivity (Wildman–Crippen MR) is 128 cm³/mol. The molecule has 3 aromatic heterocycles. The van der Waals surface area contributed by atoms with Crippen LogP contribution in [0.4, 0.5) is 5.95 Å². The minimum atomic E-state index is -4.82. The lowest BCUT2D eigenvalue weighted by molar-refractivity contribution is -0.745. The summed E-state index contributed by atoms with van der Waals surface area (Å²) in [6.45, 7) is -0.385. The summed E-state index contributed by atoms with van der Waals surface area (Å²) in [6.07, 6.45) is -3.99. The number of fused-ring (bicyclic) bond motifs is 1. The molecular weight excluding hydrogens is 513 g/mol. The molecule has 1 aliphatic rings. The van der Waals surface area contributed by atoms with Gasteiger partial charge in [-0.2, -0.15) is 0 Å². The number of nitrogens with two attached hydrogens (primary N) is 1. The van der Waals surface area contributed by atoms with Gasteiger partial charge in [-0.25, -0.2) is 9.13 Å². The normalized spacial score (nSPS) is 22.4. The molecule has 0 radical (unpaired) electrons. The van der Waals surface area contributed by atoms with E-state index in [-0.39, 0.29) is 23.7 Å². The average Bonchev–Trinajstić information content (AvgIpc) is 3.53. The highest BCUT2D eigenvalue weighted by atomic mass is 32.1. The second kappa shape index (κ2) is 9.50. The second-order valence-corrected chi connectivity index (χ2v) is 10.5. The number of nitrogen functional groups attached to an aromatic ring is 1. The molecule has 0 aliphatic carbocycles. The van der Waals surface area contributed by atoms with Crippen LogP contribution in [0.1, 0.15) is 11.8 Å². The lowest BCUT2D eigenvalue weighted by Crippen LogP contribution is -2.46. The number of anilines is 1. The van der Waals surface area contributed by atoms with Crippen LogP contribution in [0.2, 0.25) is 0 Å². The first kappa shape index (κ1) is 24.7. The van der Waals surface area contributed by atoms with Gasteiger partial charge >= 0.3 is 13.5 Å². The molecule has 4 atom stereocenters. The third-order valence-electron chi connectivity index (χ3n) is 5.82. The number of H-pyrrole nitrogens is 1. The number of phosphoric acid groups is 1. The van der Waals surface area contributed by atoms with Gasteiger partial charge < -0.3 is 30.5 Å². The van der Waals surface area contributed by atoms with Crippen molar-refractivity contribution in [2.24, 2.45) is 0 Å².